The molecule has 1 N–H and O–H groups in total. The average Bonchev–Trinajstić information content (AvgIpc) is 2.76. The summed E-state index contributed by atoms with van der Waals surface area (Å²) in [5.41, 5.74) is 1.46. The molecule has 0 aliphatic rings. The highest BCUT2D eigenvalue weighted by Gasteiger charge is 2.14. The van der Waals surface area contributed by atoms with Gasteiger partial charge in [-0.15, -0.1) is 0 Å². The number of rotatable bonds is 1. The zero-order chi connectivity index (χ0) is 13.6. The third-order valence-electron chi connectivity index (χ3n) is 2.71. The molecule has 0 amide bonds. The second-order valence-corrected chi connectivity index (χ2v) is 5.32. The standard InChI is InChI=1S/C13H6BrClF2N2/c14-6-1-2-11-12(3-6)19-13(18-11)7-4-10(17)8(15)5-9(7)16/h1-5H,(H,18,19). The van der Waals surface area contributed by atoms with Crippen molar-refractivity contribution in [1.29, 1.82) is 0 Å². The van der Waals surface area contributed by atoms with Gasteiger partial charge in [-0.05, 0) is 30.3 Å². The number of imidazole rings is 1. The van der Waals surface area contributed by atoms with Gasteiger partial charge in [-0.25, -0.2) is 13.8 Å². The van der Waals surface area contributed by atoms with Gasteiger partial charge >= 0.3 is 0 Å². The highest BCUT2D eigenvalue weighted by molar-refractivity contribution is 9.10. The van der Waals surface area contributed by atoms with Gasteiger partial charge in [-0.3, -0.25) is 0 Å². The summed E-state index contributed by atoms with van der Waals surface area (Å²) in [7, 11) is 0. The van der Waals surface area contributed by atoms with E-state index in [2.05, 4.69) is 25.9 Å². The monoisotopic (exact) mass is 342 g/mol. The average molecular weight is 344 g/mol. The summed E-state index contributed by atoms with van der Waals surface area (Å²) in [5, 5.41) is -0.250. The van der Waals surface area contributed by atoms with E-state index in [9.17, 15) is 8.78 Å². The number of benzene rings is 2. The van der Waals surface area contributed by atoms with Crippen LogP contribution in [0, 0.1) is 11.6 Å². The third-order valence-corrected chi connectivity index (χ3v) is 3.49. The van der Waals surface area contributed by atoms with E-state index < -0.39 is 11.6 Å². The van der Waals surface area contributed by atoms with Crippen LogP contribution >= 0.6 is 27.5 Å². The van der Waals surface area contributed by atoms with Crippen molar-refractivity contribution in [1.82, 2.24) is 9.97 Å². The zero-order valence-corrected chi connectivity index (χ0v) is 11.7. The van der Waals surface area contributed by atoms with Crippen molar-refractivity contribution in [3.05, 3.63) is 51.5 Å². The highest BCUT2D eigenvalue weighted by atomic mass is 79.9. The minimum absolute atomic E-state index is 0.0502. The largest absolute Gasteiger partial charge is 0.338 e. The molecule has 0 fully saturated rings. The van der Waals surface area contributed by atoms with Crippen LogP contribution in [0.1, 0.15) is 0 Å². The molecule has 0 radical (unpaired) electrons. The summed E-state index contributed by atoms with van der Waals surface area (Å²) in [6, 6.07) is 7.39. The molecule has 19 heavy (non-hydrogen) atoms. The van der Waals surface area contributed by atoms with Crippen LogP contribution in [-0.4, -0.2) is 9.97 Å². The van der Waals surface area contributed by atoms with Crippen molar-refractivity contribution in [3.8, 4) is 11.4 Å². The fraction of sp³-hybridized carbons (Fsp3) is 0. The number of halogens is 4. The molecule has 0 bridgehead atoms. The summed E-state index contributed by atoms with van der Waals surface area (Å²) in [6.45, 7) is 0. The Kier molecular flexibility index (Phi) is 3.03. The Balaban J connectivity index is 2.21. The molecule has 2 nitrogen and oxygen atoms in total. The first kappa shape index (κ1) is 12.6. The topological polar surface area (TPSA) is 28.7 Å². The Hall–Kier alpha value is -1.46. The van der Waals surface area contributed by atoms with E-state index in [4.69, 9.17) is 11.6 Å². The lowest BCUT2D eigenvalue weighted by molar-refractivity contribution is 0.602. The van der Waals surface area contributed by atoms with Gasteiger partial charge in [0.2, 0.25) is 0 Å². The summed E-state index contributed by atoms with van der Waals surface area (Å²) >= 11 is 8.86. The smallest absolute Gasteiger partial charge is 0.142 e. The molecule has 2 aromatic carbocycles. The Morgan fingerprint density at radius 3 is 2.68 bits per heavy atom. The van der Waals surface area contributed by atoms with Gasteiger partial charge in [0.25, 0.3) is 0 Å². The van der Waals surface area contributed by atoms with E-state index in [-0.39, 0.29) is 16.4 Å². The molecular weight excluding hydrogens is 338 g/mol. The molecule has 0 saturated carbocycles. The van der Waals surface area contributed by atoms with Crippen LogP contribution < -0.4 is 0 Å². The normalized spacial score (nSPS) is 11.2. The SMILES string of the molecule is Fc1cc(-c2nc3ccc(Br)cc3[nH]2)c(F)cc1Cl. The van der Waals surface area contributed by atoms with Crippen LogP contribution in [0.15, 0.2) is 34.8 Å². The number of hydrogen-bond acceptors (Lipinski definition) is 1. The summed E-state index contributed by atoms with van der Waals surface area (Å²) in [6.07, 6.45) is 0. The molecule has 96 valence electrons. The van der Waals surface area contributed by atoms with Crippen molar-refractivity contribution >= 4 is 38.6 Å². The number of H-pyrrole nitrogens is 1. The molecule has 1 aromatic heterocycles. The van der Waals surface area contributed by atoms with E-state index in [0.29, 0.717) is 5.52 Å². The Labute approximate surface area is 120 Å². The molecule has 0 atom stereocenters. The predicted octanol–water partition coefficient (Wildman–Crippen LogP) is 4.92. The van der Waals surface area contributed by atoms with Crippen molar-refractivity contribution in [3.63, 3.8) is 0 Å². The first-order valence-electron chi connectivity index (χ1n) is 5.35. The molecule has 0 unspecified atom stereocenters. The number of aromatic nitrogens is 2. The van der Waals surface area contributed by atoms with Crippen molar-refractivity contribution < 1.29 is 8.78 Å². The van der Waals surface area contributed by atoms with E-state index in [1.54, 1.807) is 6.07 Å². The van der Waals surface area contributed by atoms with E-state index >= 15 is 0 Å². The van der Waals surface area contributed by atoms with Crippen molar-refractivity contribution in [2.45, 2.75) is 0 Å². The first-order chi connectivity index (χ1) is 9.04. The Bertz CT molecular complexity index is 786. The second-order valence-electron chi connectivity index (χ2n) is 3.99. The zero-order valence-electron chi connectivity index (χ0n) is 9.35. The minimum atomic E-state index is -0.681. The van der Waals surface area contributed by atoms with E-state index in [1.807, 2.05) is 12.1 Å². The lowest BCUT2D eigenvalue weighted by Crippen LogP contribution is -1.89. The highest BCUT2D eigenvalue weighted by Crippen LogP contribution is 2.28. The van der Waals surface area contributed by atoms with Gasteiger partial charge in [0.05, 0.1) is 21.6 Å². The van der Waals surface area contributed by atoms with Crippen LogP contribution in [0.4, 0.5) is 8.78 Å². The van der Waals surface area contributed by atoms with E-state index in [0.717, 1.165) is 22.1 Å². The quantitative estimate of drug-likeness (QED) is 0.624. The molecule has 1 heterocycles. The number of hydrogen-bond donors (Lipinski definition) is 1. The first-order valence-corrected chi connectivity index (χ1v) is 6.52. The maximum Gasteiger partial charge on any atom is 0.142 e. The minimum Gasteiger partial charge on any atom is -0.338 e. The van der Waals surface area contributed by atoms with Crippen molar-refractivity contribution in [2.24, 2.45) is 0 Å². The third kappa shape index (κ3) is 2.24. The van der Waals surface area contributed by atoms with Crippen LogP contribution in [0.3, 0.4) is 0 Å². The number of nitrogens with one attached hydrogen (secondary N) is 1. The fourth-order valence-electron chi connectivity index (χ4n) is 1.81. The van der Waals surface area contributed by atoms with Gasteiger partial charge in [-0.2, -0.15) is 0 Å². The Morgan fingerprint density at radius 1 is 1.11 bits per heavy atom. The number of aromatic amines is 1. The van der Waals surface area contributed by atoms with Gasteiger partial charge in [-0.1, -0.05) is 27.5 Å². The summed E-state index contributed by atoms with van der Waals surface area (Å²) in [4.78, 5) is 7.18. The molecule has 3 aromatic rings. The molecule has 6 heteroatoms. The van der Waals surface area contributed by atoms with E-state index in [1.165, 1.54) is 0 Å². The fourth-order valence-corrected chi connectivity index (χ4v) is 2.32. The van der Waals surface area contributed by atoms with Gasteiger partial charge in [0.1, 0.15) is 17.5 Å². The Morgan fingerprint density at radius 2 is 1.89 bits per heavy atom. The number of fused-ring (bicyclic) bond motifs is 1. The lowest BCUT2D eigenvalue weighted by atomic mass is 10.2. The maximum atomic E-state index is 13.8. The number of nitrogens with zero attached hydrogens (tertiary/aromatic N) is 1. The second kappa shape index (κ2) is 4.58. The van der Waals surface area contributed by atoms with Gasteiger partial charge in [0, 0.05) is 4.47 Å². The lowest BCUT2D eigenvalue weighted by Gasteiger charge is -2.01. The molecule has 3 rings (SSSR count). The predicted molar refractivity (Wildman–Crippen MR) is 74.2 cm³/mol. The molecule has 0 saturated heterocycles. The van der Waals surface area contributed by atoms with Gasteiger partial charge < -0.3 is 4.98 Å². The van der Waals surface area contributed by atoms with Crippen LogP contribution in [-0.2, 0) is 0 Å². The van der Waals surface area contributed by atoms with Crippen LogP contribution in [0.2, 0.25) is 5.02 Å². The van der Waals surface area contributed by atoms with Crippen LogP contribution in [0.5, 0.6) is 0 Å². The van der Waals surface area contributed by atoms with Crippen LogP contribution in [0.25, 0.3) is 22.4 Å². The molecule has 0 aliphatic heterocycles. The molecular formula is C13H6BrClF2N2. The summed E-state index contributed by atoms with van der Waals surface area (Å²) in [5.74, 6) is -1.04. The molecule has 0 aliphatic carbocycles. The van der Waals surface area contributed by atoms with Gasteiger partial charge in [0.15, 0.2) is 0 Å². The van der Waals surface area contributed by atoms with Crippen molar-refractivity contribution in [2.75, 3.05) is 0 Å². The summed E-state index contributed by atoms with van der Waals surface area (Å²) < 4.78 is 28.1. The molecule has 0 spiro atoms. The maximum absolute atomic E-state index is 13.8.